The Labute approximate surface area is 167 Å². The summed E-state index contributed by atoms with van der Waals surface area (Å²) in [6, 6.07) is 21.4. The van der Waals surface area contributed by atoms with Gasteiger partial charge in [0.15, 0.2) is 0 Å². The summed E-state index contributed by atoms with van der Waals surface area (Å²) in [6.07, 6.45) is 13.6. The van der Waals surface area contributed by atoms with Crippen LogP contribution in [0.3, 0.4) is 0 Å². The van der Waals surface area contributed by atoms with Gasteiger partial charge < -0.3 is 0 Å². The maximum absolute atomic E-state index is 2.37. The SMILES string of the molecule is C[N+](C)=C1C=CC(=C2C=C(c3ccccc3)C=C(c3ccccc3)[Se]2)C=C1. The van der Waals surface area contributed by atoms with E-state index in [1.165, 1.54) is 36.9 Å². The van der Waals surface area contributed by atoms with E-state index in [4.69, 9.17) is 0 Å². The van der Waals surface area contributed by atoms with Crippen LogP contribution in [0.15, 0.2) is 107 Å². The molecule has 2 aliphatic rings. The average Bonchev–Trinajstić information content (AvgIpc) is 2.75. The molecule has 0 spiro atoms. The van der Waals surface area contributed by atoms with Crippen molar-refractivity contribution in [3.63, 3.8) is 0 Å². The first-order valence-corrected chi connectivity index (χ1v) is 10.8. The molecule has 0 fully saturated rings. The third-order valence-electron chi connectivity index (χ3n) is 4.63. The summed E-state index contributed by atoms with van der Waals surface area (Å²) in [5, 5.41) is 0. The molecule has 4 rings (SSSR count). The molecule has 27 heavy (non-hydrogen) atoms. The molecule has 2 aromatic rings. The summed E-state index contributed by atoms with van der Waals surface area (Å²) in [5.74, 6) is 0. The van der Waals surface area contributed by atoms with Crippen LogP contribution in [-0.2, 0) is 0 Å². The van der Waals surface area contributed by atoms with Crippen molar-refractivity contribution in [1.82, 2.24) is 0 Å². The molecule has 0 N–H and O–H groups in total. The molecular formula is C25H22NSe+. The molecule has 0 unspecified atom stereocenters. The Morgan fingerprint density at radius 1 is 0.667 bits per heavy atom. The topological polar surface area (TPSA) is 3.01 Å². The van der Waals surface area contributed by atoms with Gasteiger partial charge in [0.25, 0.3) is 0 Å². The van der Waals surface area contributed by atoms with Crippen molar-refractivity contribution >= 4 is 30.7 Å². The Morgan fingerprint density at radius 2 is 1.26 bits per heavy atom. The van der Waals surface area contributed by atoms with E-state index in [2.05, 4.69) is 116 Å². The van der Waals surface area contributed by atoms with Crippen molar-refractivity contribution in [2.75, 3.05) is 14.1 Å². The van der Waals surface area contributed by atoms with E-state index in [-0.39, 0.29) is 15.0 Å². The van der Waals surface area contributed by atoms with Crippen LogP contribution in [0.2, 0.25) is 0 Å². The second kappa shape index (κ2) is 7.92. The third-order valence-corrected chi connectivity index (χ3v) is 7.03. The Morgan fingerprint density at radius 3 is 1.85 bits per heavy atom. The van der Waals surface area contributed by atoms with Crippen LogP contribution < -0.4 is 0 Å². The number of allylic oxidation sites excluding steroid dienone is 9. The van der Waals surface area contributed by atoms with E-state index in [1.54, 1.807) is 0 Å². The molecule has 2 aromatic carbocycles. The normalized spacial score (nSPS) is 16.3. The van der Waals surface area contributed by atoms with Crippen molar-refractivity contribution in [3.05, 3.63) is 118 Å². The summed E-state index contributed by atoms with van der Waals surface area (Å²) in [7, 11) is 4.16. The standard InChI is InChI=1S/C25H22NSe/c1-26(2)23-15-13-21(14-16-23)25-18-22(19-9-5-3-6-10-19)17-24(27-25)20-11-7-4-8-12-20/h3-18H,1-2H3/q+1. The maximum atomic E-state index is 2.37. The summed E-state index contributed by atoms with van der Waals surface area (Å²) in [5.41, 5.74) is 6.42. The first-order valence-electron chi connectivity index (χ1n) is 9.07. The molecule has 1 aliphatic carbocycles. The summed E-state index contributed by atoms with van der Waals surface area (Å²) in [6.45, 7) is 0. The Bertz CT molecular complexity index is 1010. The Balaban J connectivity index is 1.80. The second-order valence-electron chi connectivity index (χ2n) is 6.75. The molecule has 1 nitrogen and oxygen atoms in total. The zero-order valence-electron chi connectivity index (χ0n) is 15.6. The van der Waals surface area contributed by atoms with E-state index >= 15 is 0 Å². The average molecular weight is 415 g/mol. The molecule has 0 radical (unpaired) electrons. The van der Waals surface area contributed by atoms with Crippen molar-refractivity contribution in [2.24, 2.45) is 0 Å². The predicted molar refractivity (Wildman–Crippen MR) is 117 cm³/mol. The molecule has 1 aliphatic heterocycles. The van der Waals surface area contributed by atoms with Gasteiger partial charge in [-0.25, -0.2) is 0 Å². The molecule has 0 aromatic heterocycles. The summed E-state index contributed by atoms with van der Waals surface area (Å²) < 4.78 is 4.99. The molecular weight excluding hydrogens is 393 g/mol. The quantitative estimate of drug-likeness (QED) is 0.484. The summed E-state index contributed by atoms with van der Waals surface area (Å²) >= 11 is 0.277. The second-order valence-corrected chi connectivity index (χ2v) is 9.02. The molecule has 0 saturated carbocycles. The minimum atomic E-state index is 0.277. The first-order chi connectivity index (χ1) is 13.2. The molecule has 0 bridgehead atoms. The van der Waals surface area contributed by atoms with Crippen LogP contribution in [0.5, 0.6) is 0 Å². The zero-order chi connectivity index (χ0) is 18.6. The van der Waals surface area contributed by atoms with Gasteiger partial charge in [0, 0.05) is 0 Å². The van der Waals surface area contributed by atoms with Gasteiger partial charge in [0.1, 0.15) is 0 Å². The number of hydrogen-bond donors (Lipinski definition) is 0. The molecule has 0 saturated heterocycles. The van der Waals surface area contributed by atoms with Crippen molar-refractivity contribution in [3.8, 4) is 0 Å². The van der Waals surface area contributed by atoms with E-state index < -0.39 is 0 Å². The van der Waals surface area contributed by atoms with Crippen LogP contribution in [0.25, 0.3) is 10.0 Å². The van der Waals surface area contributed by atoms with E-state index in [1.807, 2.05) is 0 Å². The van der Waals surface area contributed by atoms with Gasteiger partial charge in [0.05, 0.1) is 0 Å². The van der Waals surface area contributed by atoms with Crippen molar-refractivity contribution in [2.45, 2.75) is 0 Å². The fourth-order valence-electron chi connectivity index (χ4n) is 3.11. The number of hydrogen-bond acceptors (Lipinski definition) is 0. The van der Waals surface area contributed by atoms with Crippen LogP contribution >= 0.6 is 0 Å². The van der Waals surface area contributed by atoms with Crippen LogP contribution in [0, 0.1) is 0 Å². The predicted octanol–water partition coefficient (Wildman–Crippen LogP) is 4.92. The van der Waals surface area contributed by atoms with Gasteiger partial charge in [-0.3, -0.25) is 0 Å². The first kappa shape index (κ1) is 17.7. The van der Waals surface area contributed by atoms with Gasteiger partial charge in [0.2, 0.25) is 0 Å². The van der Waals surface area contributed by atoms with Crippen LogP contribution in [0.4, 0.5) is 0 Å². The van der Waals surface area contributed by atoms with Crippen LogP contribution in [0.1, 0.15) is 11.1 Å². The monoisotopic (exact) mass is 416 g/mol. The van der Waals surface area contributed by atoms with E-state index in [9.17, 15) is 0 Å². The van der Waals surface area contributed by atoms with Gasteiger partial charge in [-0.2, -0.15) is 0 Å². The van der Waals surface area contributed by atoms with E-state index in [0.29, 0.717) is 0 Å². The van der Waals surface area contributed by atoms with Gasteiger partial charge in [-0.15, -0.1) is 0 Å². The molecule has 2 heteroatoms. The molecule has 1 heterocycles. The van der Waals surface area contributed by atoms with Crippen molar-refractivity contribution in [1.29, 1.82) is 0 Å². The van der Waals surface area contributed by atoms with E-state index in [0.717, 1.165) is 0 Å². The third kappa shape index (κ3) is 4.03. The number of nitrogens with zero attached hydrogens (tertiary/aromatic N) is 1. The Hall–Kier alpha value is -2.67. The van der Waals surface area contributed by atoms with Gasteiger partial charge >= 0.3 is 168 Å². The van der Waals surface area contributed by atoms with Gasteiger partial charge in [-0.05, 0) is 0 Å². The molecule has 0 atom stereocenters. The fourth-order valence-corrected chi connectivity index (χ4v) is 5.45. The number of rotatable bonds is 2. The number of benzene rings is 2. The van der Waals surface area contributed by atoms with Crippen LogP contribution in [-0.4, -0.2) is 39.3 Å². The molecule has 0 amide bonds. The minimum absolute atomic E-state index is 0.277. The van der Waals surface area contributed by atoms with Crippen molar-refractivity contribution < 1.29 is 4.58 Å². The van der Waals surface area contributed by atoms with Gasteiger partial charge in [-0.1, -0.05) is 0 Å². The summed E-state index contributed by atoms with van der Waals surface area (Å²) in [4.78, 5) is 0. The Kier molecular flexibility index (Phi) is 5.20. The zero-order valence-corrected chi connectivity index (χ0v) is 17.3. The molecule has 132 valence electrons. The fraction of sp³-hybridized carbons (Fsp3) is 0.0800.